The molecule has 0 saturated heterocycles. The molecule has 7 atom stereocenters. The molecule has 0 aliphatic heterocycles. The van der Waals surface area contributed by atoms with E-state index in [1.165, 1.54) is 7.11 Å². The highest BCUT2D eigenvalue weighted by Crippen LogP contribution is 2.82. The van der Waals surface area contributed by atoms with Crippen molar-refractivity contribution in [2.24, 2.45) is 45.8 Å². The van der Waals surface area contributed by atoms with Gasteiger partial charge in [0, 0.05) is 5.41 Å². The Morgan fingerprint density at radius 2 is 2.04 bits per heavy atom. The van der Waals surface area contributed by atoms with Gasteiger partial charge in [-0.15, -0.1) is 0 Å². The van der Waals surface area contributed by atoms with E-state index in [1.54, 1.807) is 0 Å². The minimum Gasteiger partial charge on any atom is -0.481 e. The topological polar surface area (TPSA) is 89.9 Å². The Bertz CT molecular complexity index is 756. The van der Waals surface area contributed by atoms with Crippen molar-refractivity contribution in [3.63, 3.8) is 0 Å². The van der Waals surface area contributed by atoms with Gasteiger partial charge in [-0.2, -0.15) is 0 Å². The van der Waals surface area contributed by atoms with Gasteiger partial charge >= 0.3 is 12.1 Å². The van der Waals surface area contributed by atoms with Crippen molar-refractivity contribution < 1.29 is 29.0 Å². The predicted molar refractivity (Wildman–Crippen MR) is 100 cm³/mol. The van der Waals surface area contributed by atoms with Crippen LogP contribution in [0.3, 0.4) is 0 Å². The van der Waals surface area contributed by atoms with Gasteiger partial charge in [-0.1, -0.05) is 38.8 Å². The molecule has 28 heavy (non-hydrogen) atoms. The van der Waals surface area contributed by atoms with Crippen molar-refractivity contribution >= 4 is 18.4 Å². The molecule has 4 aliphatic rings. The Balaban J connectivity index is 1.94. The number of allylic oxidation sites excluding steroid dienone is 1. The number of ether oxygens (including phenoxy) is 2. The van der Waals surface area contributed by atoms with Crippen LogP contribution in [0.5, 0.6) is 0 Å². The van der Waals surface area contributed by atoms with Crippen molar-refractivity contribution in [2.75, 3.05) is 13.7 Å². The molecule has 0 radical (unpaired) electrons. The molecule has 3 saturated carbocycles. The summed E-state index contributed by atoms with van der Waals surface area (Å²) in [6.07, 6.45) is 5.38. The largest absolute Gasteiger partial charge is 0.507 e. The molecular weight excluding hydrogens is 360 g/mol. The number of hydrogen-bond donors (Lipinski definition) is 1. The minimum absolute atomic E-state index is 0.00797. The summed E-state index contributed by atoms with van der Waals surface area (Å²) in [5.41, 5.74) is -2.17. The van der Waals surface area contributed by atoms with Crippen molar-refractivity contribution in [1.29, 1.82) is 0 Å². The van der Waals surface area contributed by atoms with Gasteiger partial charge in [0.25, 0.3) is 0 Å². The van der Waals surface area contributed by atoms with E-state index in [-0.39, 0.29) is 30.3 Å². The van der Waals surface area contributed by atoms with Crippen LogP contribution in [-0.4, -0.2) is 37.2 Å². The monoisotopic (exact) mass is 390 g/mol. The second-order valence-electron chi connectivity index (χ2n) is 9.73. The maximum Gasteiger partial charge on any atom is 0.507 e. The summed E-state index contributed by atoms with van der Waals surface area (Å²) in [4.78, 5) is 37.7. The molecule has 4 rings (SSSR count). The number of carboxylic acid groups (broad SMARTS) is 1. The van der Waals surface area contributed by atoms with Crippen LogP contribution in [0.25, 0.3) is 0 Å². The SMILES string of the molecule is COC(=O)OCC12CC3C(C)CCC3C3(C=O)CC1C=C(C(C)C)C32C(=O)O. The fraction of sp³-hybridized carbons (Fsp3) is 0.773. The van der Waals surface area contributed by atoms with Crippen LogP contribution in [-0.2, 0) is 19.1 Å². The zero-order valence-electron chi connectivity index (χ0n) is 17.1. The fourth-order valence-corrected chi connectivity index (χ4v) is 7.88. The van der Waals surface area contributed by atoms with Crippen LogP contribution < -0.4 is 0 Å². The average molecular weight is 390 g/mol. The molecule has 0 heterocycles. The number of hydrogen-bond acceptors (Lipinski definition) is 5. The third-order valence-electron chi connectivity index (χ3n) is 8.74. The average Bonchev–Trinajstić information content (AvgIpc) is 3.23. The van der Waals surface area contributed by atoms with Gasteiger partial charge in [-0.25, -0.2) is 4.79 Å². The van der Waals surface area contributed by atoms with Gasteiger partial charge in [-0.3, -0.25) is 4.79 Å². The van der Waals surface area contributed by atoms with E-state index in [0.717, 1.165) is 24.7 Å². The molecule has 0 aromatic carbocycles. The molecule has 6 heteroatoms. The van der Waals surface area contributed by atoms with Crippen LogP contribution in [0.2, 0.25) is 0 Å². The number of carbonyl (C=O) groups excluding carboxylic acids is 2. The third kappa shape index (κ3) is 1.92. The Morgan fingerprint density at radius 1 is 1.32 bits per heavy atom. The van der Waals surface area contributed by atoms with Crippen LogP contribution in [0.1, 0.15) is 46.5 Å². The number of aliphatic carboxylic acids is 1. The highest BCUT2D eigenvalue weighted by molar-refractivity contribution is 5.90. The smallest absolute Gasteiger partial charge is 0.481 e. The molecule has 6 nitrogen and oxygen atoms in total. The summed E-state index contributed by atoms with van der Waals surface area (Å²) < 4.78 is 10.1. The van der Waals surface area contributed by atoms with Gasteiger partial charge in [0.2, 0.25) is 0 Å². The summed E-state index contributed by atoms with van der Waals surface area (Å²) in [6, 6.07) is 0. The number of rotatable bonds is 5. The van der Waals surface area contributed by atoms with Gasteiger partial charge in [0.15, 0.2) is 0 Å². The maximum absolute atomic E-state index is 13.1. The quantitative estimate of drug-likeness (QED) is 0.437. The predicted octanol–water partition coefficient (Wildman–Crippen LogP) is 3.69. The summed E-state index contributed by atoms with van der Waals surface area (Å²) in [5, 5.41) is 10.7. The van der Waals surface area contributed by atoms with E-state index in [0.29, 0.717) is 18.8 Å². The highest BCUT2D eigenvalue weighted by atomic mass is 16.7. The molecular formula is C22H30O6. The number of carboxylic acids is 1. The first-order chi connectivity index (χ1) is 13.2. The molecule has 0 spiro atoms. The lowest BCUT2D eigenvalue weighted by Gasteiger charge is -2.58. The number of fused-ring (bicyclic) bond motifs is 2. The zero-order valence-corrected chi connectivity index (χ0v) is 17.1. The van der Waals surface area contributed by atoms with Crippen molar-refractivity contribution in [1.82, 2.24) is 0 Å². The maximum atomic E-state index is 13.1. The fourth-order valence-electron chi connectivity index (χ4n) is 7.88. The lowest BCUT2D eigenvalue weighted by atomic mass is 9.43. The van der Waals surface area contributed by atoms with Gasteiger partial charge in [0.05, 0.1) is 12.5 Å². The Labute approximate surface area is 165 Å². The van der Waals surface area contributed by atoms with Crippen molar-refractivity contribution in [3.8, 4) is 0 Å². The minimum atomic E-state index is -1.31. The molecule has 0 amide bonds. The summed E-state index contributed by atoms with van der Waals surface area (Å²) >= 11 is 0. The van der Waals surface area contributed by atoms with Crippen LogP contribution in [0.4, 0.5) is 4.79 Å². The Kier molecular flexibility index (Phi) is 4.22. The number of carbonyl (C=O) groups is 3. The van der Waals surface area contributed by atoms with Gasteiger partial charge in [0.1, 0.15) is 18.3 Å². The van der Waals surface area contributed by atoms with Crippen molar-refractivity contribution in [3.05, 3.63) is 11.6 Å². The summed E-state index contributed by atoms with van der Waals surface area (Å²) in [6.45, 7) is 6.17. The van der Waals surface area contributed by atoms with Crippen LogP contribution in [0.15, 0.2) is 11.6 Å². The third-order valence-corrected chi connectivity index (χ3v) is 8.74. The number of aldehydes is 1. The van der Waals surface area contributed by atoms with E-state index in [9.17, 15) is 19.5 Å². The molecule has 1 N–H and O–H groups in total. The van der Waals surface area contributed by atoms with E-state index in [1.807, 2.05) is 13.8 Å². The van der Waals surface area contributed by atoms with Gasteiger partial charge < -0.3 is 19.4 Å². The van der Waals surface area contributed by atoms with Crippen molar-refractivity contribution in [2.45, 2.75) is 46.5 Å². The van der Waals surface area contributed by atoms with Crippen LogP contribution >= 0.6 is 0 Å². The number of methoxy groups -OCH3 is 1. The lowest BCUT2D eigenvalue weighted by Crippen LogP contribution is -2.63. The Hall–Kier alpha value is -1.85. The van der Waals surface area contributed by atoms with E-state index in [4.69, 9.17) is 4.74 Å². The molecule has 7 unspecified atom stereocenters. The molecule has 3 fully saturated rings. The second kappa shape index (κ2) is 6.07. The lowest BCUT2D eigenvalue weighted by molar-refractivity contribution is -0.184. The van der Waals surface area contributed by atoms with Crippen LogP contribution in [0, 0.1) is 45.8 Å². The second-order valence-corrected chi connectivity index (χ2v) is 9.73. The Morgan fingerprint density at radius 3 is 2.61 bits per heavy atom. The van der Waals surface area contributed by atoms with E-state index >= 15 is 0 Å². The highest BCUT2D eigenvalue weighted by Gasteiger charge is 2.84. The normalized spacial score (nSPS) is 45.5. The standard InChI is InChI=1S/C22H30O6/c1-12(2)17-7-14-8-20(10-23)16-6-5-13(3)15(16)9-21(14,11-28-19(26)27-4)22(17,20)18(24)25/h7,10,12-16H,5-6,8-9,11H2,1-4H3,(H,24,25). The van der Waals surface area contributed by atoms with E-state index < -0.39 is 28.4 Å². The first kappa shape index (κ1) is 19.5. The molecule has 0 aromatic heterocycles. The summed E-state index contributed by atoms with van der Waals surface area (Å²) in [7, 11) is 1.25. The zero-order chi connectivity index (χ0) is 20.5. The van der Waals surface area contributed by atoms with E-state index in [2.05, 4.69) is 17.7 Å². The summed E-state index contributed by atoms with van der Waals surface area (Å²) in [5.74, 6) is -0.208. The molecule has 154 valence electrons. The molecule has 4 bridgehead atoms. The first-order valence-electron chi connectivity index (χ1n) is 10.3. The first-order valence-corrected chi connectivity index (χ1v) is 10.3. The van der Waals surface area contributed by atoms with Gasteiger partial charge in [-0.05, 0) is 48.9 Å². The molecule has 0 aromatic rings. The molecule has 4 aliphatic carbocycles.